The molecule has 3 aromatic rings. The van der Waals surface area contributed by atoms with Crippen LogP contribution in [-0.2, 0) is 15.6 Å². The van der Waals surface area contributed by atoms with Crippen LogP contribution < -0.4 is 5.11 Å². The van der Waals surface area contributed by atoms with Crippen LogP contribution in [0.1, 0.15) is 39.3 Å². The van der Waals surface area contributed by atoms with Gasteiger partial charge in [0.1, 0.15) is 0 Å². The highest BCUT2D eigenvalue weighted by Gasteiger charge is 2.77. The summed E-state index contributed by atoms with van der Waals surface area (Å²) in [5.41, 5.74) is 4.93. The maximum Gasteiger partial charge on any atom is 0.0749 e. The van der Waals surface area contributed by atoms with Crippen molar-refractivity contribution >= 4 is 5.97 Å². The molecule has 0 saturated heterocycles. The predicted octanol–water partition coefficient (Wildman–Crippen LogP) is 2.48. The molecule has 1 spiro atoms. The number of hydrogen-bond acceptors (Lipinski definition) is 2. The normalized spacial score (nSPS) is 29.9. The van der Waals surface area contributed by atoms with Gasteiger partial charge in [-0.2, -0.15) is 0 Å². The lowest BCUT2D eigenvalue weighted by Gasteiger charge is -2.65. The Bertz CT molecular complexity index is 1060. The molecule has 3 aromatic carbocycles. The van der Waals surface area contributed by atoms with E-state index in [1.165, 1.54) is 5.56 Å². The van der Waals surface area contributed by atoms with Crippen molar-refractivity contribution in [2.75, 3.05) is 0 Å². The first-order valence-corrected chi connectivity index (χ1v) is 8.26. The number of carboxylic acid groups (broad SMARTS) is 1. The molecule has 2 nitrogen and oxygen atoms in total. The highest BCUT2D eigenvalue weighted by molar-refractivity contribution is 6.00. The van der Waals surface area contributed by atoms with E-state index in [1.807, 2.05) is 48.5 Å². The molecule has 3 unspecified atom stereocenters. The van der Waals surface area contributed by atoms with Gasteiger partial charge in [-0.1, -0.05) is 72.8 Å². The van der Waals surface area contributed by atoms with Crippen molar-refractivity contribution in [1.82, 2.24) is 0 Å². The van der Waals surface area contributed by atoms with Gasteiger partial charge < -0.3 is 9.90 Å². The first kappa shape index (κ1) is 12.5. The minimum Gasteiger partial charge on any atom is -0.549 e. The second-order valence-corrected chi connectivity index (χ2v) is 7.00. The standard InChI is InChI=1S/C22H14O2/c23-20(24)22-16-10-4-2-8-14(16)19-13-7-1-3-9-15(13)21(19,22)17-11-5-6-12-18(17)22/h1-12,19H,(H,23,24)/p-1. The zero-order valence-corrected chi connectivity index (χ0v) is 12.8. The Hall–Kier alpha value is -2.87. The van der Waals surface area contributed by atoms with Gasteiger partial charge in [-0.15, -0.1) is 0 Å². The molecule has 0 aromatic heterocycles. The first-order valence-electron chi connectivity index (χ1n) is 8.26. The van der Waals surface area contributed by atoms with E-state index in [1.54, 1.807) is 0 Å². The molecular weight excluding hydrogens is 296 g/mol. The Balaban J connectivity index is 1.85. The summed E-state index contributed by atoms with van der Waals surface area (Å²) in [7, 11) is 0. The molecule has 3 aliphatic rings. The number of hydrogen-bond donors (Lipinski definition) is 0. The third-order valence-corrected chi connectivity index (χ3v) is 6.46. The third kappa shape index (κ3) is 0.910. The molecule has 0 aliphatic heterocycles. The van der Waals surface area contributed by atoms with Crippen molar-refractivity contribution in [3.05, 3.63) is 106 Å². The molecule has 6 rings (SSSR count). The quantitative estimate of drug-likeness (QED) is 0.693. The van der Waals surface area contributed by atoms with Gasteiger partial charge in [0.25, 0.3) is 0 Å². The van der Waals surface area contributed by atoms with Gasteiger partial charge in [0.2, 0.25) is 0 Å². The summed E-state index contributed by atoms with van der Waals surface area (Å²) < 4.78 is 0. The van der Waals surface area contributed by atoms with Crippen molar-refractivity contribution in [3.63, 3.8) is 0 Å². The second kappa shape index (κ2) is 3.62. The molecule has 0 heterocycles. The van der Waals surface area contributed by atoms with Crippen molar-refractivity contribution in [1.29, 1.82) is 0 Å². The maximum absolute atomic E-state index is 12.6. The average Bonchev–Trinajstić information content (AvgIpc) is 2.78. The minimum atomic E-state index is -1.06. The van der Waals surface area contributed by atoms with E-state index in [9.17, 15) is 9.90 Å². The van der Waals surface area contributed by atoms with Crippen LogP contribution in [0.25, 0.3) is 0 Å². The van der Waals surface area contributed by atoms with E-state index in [0.29, 0.717) is 0 Å². The first-order chi connectivity index (χ1) is 11.8. The van der Waals surface area contributed by atoms with E-state index in [2.05, 4.69) is 24.3 Å². The molecule has 2 heteroatoms. The topological polar surface area (TPSA) is 40.1 Å². The van der Waals surface area contributed by atoms with Crippen LogP contribution >= 0.6 is 0 Å². The Morgan fingerprint density at radius 2 is 1.21 bits per heavy atom. The molecular formula is C22H13O2-. The van der Waals surface area contributed by atoms with Crippen LogP contribution in [0, 0.1) is 0 Å². The molecule has 0 bridgehead atoms. The van der Waals surface area contributed by atoms with Crippen LogP contribution in [-0.4, -0.2) is 5.97 Å². The number of rotatable bonds is 1. The molecule has 3 aliphatic carbocycles. The summed E-state index contributed by atoms with van der Waals surface area (Å²) in [5.74, 6) is -0.872. The zero-order chi connectivity index (χ0) is 16.1. The molecule has 0 N–H and O–H groups in total. The van der Waals surface area contributed by atoms with Crippen molar-refractivity contribution in [3.8, 4) is 0 Å². The van der Waals surface area contributed by atoms with E-state index >= 15 is 0 Å². The van der Waals surface area contributed by atoms with Crippen LogP contribution in [0.15, 0.2) is 72.8 Å². The summed E-state index contributed by atoms with van der Waals surface area (Å²) in [6.45, 7) is 0. The Kier molecular flexibility index (Phi) is 1.89. The predicted molar refractivity (Wildman–Crippen MR) is 87.7 cm³/mol. The smallest absolute Gasteiger partial charge is 0.0749 e. The lowest BCUT2D eigenvalue weighted by molar-refractivity contribution is -0.315. The fourth-order valence-electron chi connectivity index (χ4n) is 5.87. The average molecular weight is 309 g/mol. The Morgan fingerprint density at radius 1 is 0.708 bits per heavy atom. The Morgan fingerprint density at radius 3 is 1.88 bits per heavy atom. The highest BCUT2D eigenvalue weighted by atomic mass is 16.4. The van der Waals surface area contributed by atoms with E-state index in [-0.39, 0.29) is 5.92 Å². The van der Waals surface area contributed by atoms with Gasteiger partial charge in [-0.05, 0) is 33.4 Å². The maximum atomic E-state index is 12.6. The molecule has 114 valence electrons. The number of aliphatic carboxylic acids is 1. The molecule has 0 saturated carbocycles. The van der Waals surface area contributed by atoms with Gasteiger partial charge in [-0.3, -0.25) is 0 Å². The van der Waals surface area contributed by atoms with Crippen LogP contribution in [0.2, 0.25) is 0 Å². The number of fused-ring (bicyclic) bond motifs is 7. The van der Waals surface area contributed by atoms with Crippen LogP contribution in [0.3, 0.4) is 0 Å². The number of carboxylic acids is 1. The second-order valence-electron chi connectivity index (χ2n) is 7.00. The number of carbonyl (C=O) groups is 1. The molecule has 3 atom stereocenters. The SMILES string of the molecule is O=C([O-])C12c3ccccc3C3c4ccccc4C31c1ccccc12. The van der Waals surface area contributed by atoms with E-state index in [0.717, 1.165) is 27.8 Å². The number of carbonyl (C=O) groups excluding carboxylic acids is 1. The number of benzene rings is 3. The highest BCUT2D eigenvalue weighted by Crippen LogP contribution is 2.79. The summed E-state index contributed by atoms with van der Waals surface area (Å²) in [5, 5.41) is 12.6. The summed E-state index contributed by atoms with van der Waals surface area (Å²) in [4.78, 5) is 12.6. The van der Waals surface area contributed by atoms with Gasteiger partial charge in [0, 0.05) is 5.92 Å². The van der Waals surface area contributed by atoms with Gasteiger partial charge in [-0.25, -0.2) is 0 Å². The largest absolute Gasteiger partial charge is 0.549 e. The Labute approximate surface area is 139 Å². The van der Waals surface area contributed by atoms with Crippen LogP contribution in [0.4, 0.5) is 0 Å². The summed E-state index contributed by atoms with van der Waals surface area (Å²) >= 11 is 0. The molecule has 24 heavy (non-hydrogen) atoms. The van der Waals surface area contributed by atoms with Gasteiger partial charge >= 0.3 is 0 Å². The zero-order valence-electron chi connectivity index (χ0n) is 12.8. The summed E-state index contributed by atoms with van der Waals surface area (Å²) in [6.07, 6.45) is 0. The minimum absolute atomic E-state index is 0.109. The fraction of sp³-hybridized carbons (Fsp3) is 0.136. The van der Waals surface area contributed by atoms with Crippen molar-refractivity contribution in [2.45, 2.75) is 16.7 Å². The third-order valence-electron chi connectivity index (χ3n) is 6.46. The van der Waals surface area contributed by atoms with Gasteiger partial charge in [0.15, 0.2) is 0 Å². The molecule has 0 amide bonds. The van der Waals surface area contributed by atoms with Crippen LogP contribution in [0.5, 0.6) is 0 Å². The lowest BCUT2D eigenvalue weighted by atomic mass is 9.36. The van der Waals surface area contributed by atoms with E-state index in [4.69, 9.17) is 0 Å². The van der Waals surface area contributed by atoms with E-state index < -0.39 is 16.8 Å². The molecule has 0 fully saturated rings. The lowest BCUT2D eigenvalue weighted by Crippen LogP contribution is -2.69. The molecule has 0 radical (unpaired) electrons. The monoisotopic (exact) mass is 309 g/mol. The summed E-state index contributed by atoms with van der Waals surface area (Å²) in [6, 6.07) is 24.3. The van der Waals surface area contributed by atoms with Crippen molar-refractivity contribution in [2.24, 2.45) is 0 Å². The van der Waals surface area contributed by atoms with Crippen molar-refractivity contribution < 1.29 is 9.90 Å². The fourth-order valence-corrected chi connectivity index (χ4v) is 5.87. The van der Waals surface area contributed by atoms with Gasteiger partial charge in [0.05, 0.1) is 16.8 Å².